The molecule has 0 aromatic heterocycles. The second-order valence-electron chi connectivity index (χ2n) is 4.27. The summed E-state index contributed by atoms with van der Waals surface area (Å²) in [5, 5.41) is 0. The Kier molecular flexibility index (Phi) is 11.2. The first-order valence-electron chi connectivity index (χ1n) is 6.86. The largest absolute Gasteiger partial charge is 0.213 e. The van der Waals surface area contributed by atoms with E-state index in [1.807, 2.05) is 27.7 Å². The van der Waals surface area contributed by atoms with E-state index in [2.05, 4.69) is 13.8 Å². The summed E-state index contributed by atoms with van der Waals surface area (Å²) in [7, 11) is -2.96. The highest BCUT2D eigenvalue weighted by atomic mass is 32.2. The van der Waals surface area contributed by atoms with Gasteiger partial charge in [0.1, 0.15) is 0 Å². The van der Waals surface area contributed by atoms with E-state index in [1.165, 1.54) is 12.7 Å². The highest BCUT2D eigenvalue weighted by molar-refractivity contribution is 7.88. The van der Waals surface area contributed by atoms with Gasteiger partial charge in [-0.1, -0.05) is 41.5 Å². The summed E-state index contributed by atoms with van der Waals surface area (Å²) >= 11 is 0. The average Bonchev–Trinajstić information content (AvgIpc) is 2.33. The SMILES string of the molecule is CC.CC.CC(C)C1CCCN(S(C)(=O)=O)C1. The molecule has 3 nitrogen and oxygen atoms in total. The zero-order chi connectivity index (χ0) is 14.1. The molecule has 1 atom stereocenters. The highest BCUT2D eigenvalue weighted by Gasteiger charge is 2.27. The predicted octanol–water partition coefficient (Wildman–Crippen LogP) is 3.37. The second-order valence-corrected chi connectivity index (χ2v) is 6.25. The van der Waals surface area contributed by atoms with Crippen LogP contribution in [0.1, 0.15) is 54.4 Å². The maximum Gasteiger partial charge on any atom is 0.211 e. The molecule has 0 saturated carbocycles. The minimum Gasteiger partial charge on any atom is -0.213 e. The lowest BCUT2D eigenvalue weighted by atomic mass is 9.89. The molecule has 1 fully saturated rings. The van der Waals surface area contributed by atoms with Crippen molar-refractivity contribution in [3.63, 3.8) is 0 Å². The molecule has 0 amide bonds. The Morgan fingerprint density at radius 3 is 1.94 bits per heavy atom. The van der Waals surface area contributed by atoms with Gasteiger partial charge in [0.05, 0.1) is 6.26 Å². The zero-order valence-electron chi connectivity index (χ0n) is 12.7. The third-order valence-electron chi connectivity index (χ3n) is 2.83. The maximum atomic E-state index is 11.3. The van der Waals surface area contributed by atoms with Gasteiger partial charge >= 0.3 is 0 Å². The summed E-state index contributed by atoms with van der Waals surface area (Å²) in [4.78, 5) is 0. The van der Waals surface area contributed by atoms with Crippen molar-refractivity contribution in [2.45, 2.75) is 54.4 Å². The molecule has 1 aliphatic rings. The van der Waals surface area contributed by atoms with Crippen molar-refractivity contribution < 1.29 is 8.42 Å². The molecule has 0 spiro atoms. The molecular weight excluding hydrogens is 234 g/mol. The van der Waals surface area contributed by atoms with Crippen molar-refractivity contribution in [3.8, 4) is 0 Å². The van der Waals surface area contributed by atoms with Crippen LogP contribution in [0.25, 0.3) is 0 Å². The lowest BCUT2D eigenvalue weighted by Crippen LogP contribution is -2.40. The van der Waals surface area contributed by atoms with Gasteiger partial charge in [0.25, 0.3) is 0 Å². The van der Waals surface area contributed by atoms with E-state index in [-0.39, 0.29) is 0 Å². The Hall–Kier alpha value is -0.0900. The van der Waals surface area contributed by atoms with Crippen LogP contribution in [0, 0.1) is 11.8 Å². The molecule has 106 valence electrons. The summed E-state index contributed by atoms with van der Waals surface area (Å²) in [5.41, 5.74) is 0. The van der Waals surface area contributed by atoms with Crippen molar-refractivity contribution in [3.05, 3.63) is 0 Å². The van der Waals surface area contributed by atoms with Crippen LogP contribution >= 0.6 is 0 Å². The van der Waals surface area contributed by atoms with Gasteiger partial charge in [0.15, 0.2) is 0 Å². The molecule has 1 aliphatic heterocycles. The van der Waals surface area contributed by atoms with Crippen molar-refractivity contribution in [2.75, 3.05) is 19.3 Å². The number of hydrogen-bond donors (Lipinski definition) is 0. The van der Waals surface area contributed by atoms with Crippen LogP contribution in [0.15, 0.2) is 0 Å². The number of nitrogens with zero attached hydrogens (tertiary/aromatic N) is 1. The molecule has 4 heteroatoms. The van der Waals surface area contributed by atoms with Crippen molar-refractivity contribution >= 4 is 10.0 Å². The van der Waals surface area contributed by atoms with E-state index in [0.29, 0.717) is 18.4 Å². The minimum absolute atomic E-state index is 0.545. The fourth-order valence-corrected chi connectivity index (χ4v) is 2.74. The Balaban J connectivity index is 0. The van der Waals surface area contributed by atoms with E-state index >= 15 is 0 Å². The van der Waals surface area contributed by atoms with Crippen molar-refractivity contribution in [1.82, 2.24) is 4.31 Å². The standard InChI is InChI=1S/C9H19NO2S.2C2H6/c1-8(2)9-5-4-6-10(7-9)13(3,11)12;2*1-2/h8-9H,4-7H2,1-3H3;2*1-2H3. The van der Waals surface area contributed by atoms with Gasteiger partial charge in [-0.2, -0.15) is 0 Å². The molecule has 0 aromatic carbocycles. The van der Waals surface area contributed by atoms with E-state index in [4.69, 9.17) is 0 Å². The zero-order valence-corrected chi connectivity index (χ0v) is 13.5. The first kappa shape index (κ1) is 19.3. The highest BCUT2D eigenvalue weighted by Crippen LogP contribution is 2.24. The van der Waals surface area contributed by atoms with Gasteiger partial charge in [-0.05, 0) is 24.7 Å². The molecule has 0 aliphatic carbocycles. The fourth-order valence-electron chi connectivity index (χ4n) is 1.82. The molecular formula is C13H31NO2S. The molecule has 0 N–H and O–H groups in total. The van der Waals surface area contributed by atoms with Crippen LogP contribution in [0.5, 0.6) is 0 Å². The second kappa shape index (κ2) is 9.89. The third kappa shape index (κ3) is 7.77. The molecule has 0 aromatic rings. The lowest BCUT2D eigenvalue weighted by Gasteiger charge is -2.32. The topological polar surface area (TPSA) is 37.4 Å². The van der Waals surface area contributed by atoms with Crippen LogP contribution in [0.4, 0.5) is 0 Å². The predicted molar refractivity (Wildman–Crippen MR) is 76.7 cm³/mol. The van der Waals surface area contributed by atoms with Crippen molar-refractivity contribution in [1.29, 1.82) is 0 Å². The number of rotatable bonds is 2. The third-order valence-corrected chi connectivity index (χ3v) is 4.10. The first-order chi connectivity index (χ1) is 7.91. The van der Waals surface area contributed by atoms with Gasteiger partial charge in [-0.3, -0.25) is 0 Å². The molecule has 1 heterocycles. The maximum absolute atomic E-state index is 11.3. The van der Waals surface area contributed by atoms with E-state index in [9.17, 15) is 8.42 Å². The molecule has 0 radical (unpaired) electrons. The Bertz CT molecular complexity index is 261. The number of sulfonamides is 1. The summed E-state index contributed by atoms with van der Waals surface area (Å²) in [5.74, 6) is 1.13. The molecule has 1 unspecified atom stereocenters. The summed E-state index contributed by atoms with van der Waals surface area (Å²) in [6, 6.07) is 0. The summed E-state index contributed by atoms with van der Waals surface area (Å²) < 4.78 is 24.2. The molecule has 1 rings (SSSR count). The van der Waals surface area contributed by atoms with Crippen molar-refractivity contribution in [2.24, 2.45) is 11.8 Å². The number of piperidine rings is 1. The average molecular weight is 265 g/mol. The normalized spacial score (nSPS) is 21.1. The van der Waals surface area contributed by atoms with Gasteiger partial charge in [-0.25, -0.2) is 12.7 Å². The Morgan fingerprint density at radius 1 is 1.12 bits per heavy atom. The summed E-state index contributed by atoms with van der Waals surface area (Å²) in [6.07, 6.45) is 3.48. The van der Waals surface area contributed by atoms with Gasteiger partial charge < -0.3 is 0 Å². The monoisotopic (exact) mass is 265 g/mol. The van der Waals surface area contributed by atoms with Crippen LogP contribution in [-0.2, 0) is 10.0 Å². The van der Waals surface area contributed by atoms with E-state index in [1.54, 1.807) is 4.31 Å². The fraction of sp³-hybridized carbons (Fsp3) is 1.00. The smallest absolute Gasteiger partial charge is 0.211 e. The molecule has 0 bridgehead atoms. The Labute approximate surface area is 109 Å². The molecule has 1 saturated heterocycles. The van der Waals surface area contributed by atoms with Crippen LogP contribution in [0.3, 0.4) is 0 Å². The molecule has 17 heavy (non-hydrogen) atoms. The van der Waals surface area contributed by atoms with E-state index in [0.717, 1.165) is 13.0 Å². The van der Waals surface area contributed by atoms with Crippen LogP contribution in [-0.4, -0.2) is 32.1 Å². The van der Waals surface area contributed by atoms with Gasteiger partial charge in [0.2, 0.25) is 10.0 Å². The van der Waals surface area contributed by atoms with Crippen LogP contribution < -0.4 is 0 Å². The number of hydrogen-bond acceptors (Lipinski definition) is 2. The van der Waals surface area contributed by atoms with Crippen LogP contribution in [0.2, 0.25) is 0 Å². The van der Waals surface area contributed by atoms with E-state index < -0.39 is 10.0 Å². The quantitative estimate of drug-likeness (QED) is 0.767. The van der Waals surface area contributed by atoms with Gasteiger partial charge in [0, 0.05) is 13.1 Å². The first-order valence-corrected chi connectivity index (χ1v) is 8.71. The summed E-state index contributed by atoms with van der Waals surface area (Å²) in [6.45, 7) is 13.8. The minimum atomic E-state index is -2.96. The van der Waals surface area contributed by atoms with Gasteiger partial charge in [-0.15, -0.1) is 0 Å². The Morgan fingerprint density at radius 2 is 1.59 bits per heavy atom. The lowest BCUT2D eigenvalue weighted by molar-refractivity contribution is 0.220.